The summed E-state index contributed by atoms with van der Waals surface area (Å²) >= 11 is 0. The van der Waals surface area contributed by atoms with Gasteiger partial charge in [0, 0.05) is 24.6 Å². The minimum atomic E-state index is -0.376. The SMILES string of the molecule is CCN(C(=O)OCc1cnccn1)C(c1nc[nH]c1C)C(C)C. The van der Waals surface area contributed by atoms with Crippen LogP contribution >= 0.6 is 0 Å². The van der Waals surface area contributed by atoms with E-state index in [0.29, 0.717) is 12.2 Å². The topological polar surface area (TPSA) is 84.0 Å². The fourth-order valence-electron chi connectivity index (χ4n) is 2.55. The van der Waals surface area contributed by atoms with E-state index in [-0.39, 0.29) is 24.7 Å². The van der Waals surface area contributed by atoms with Gasteiger partial charge in [0.05, 0.1) is 30.0 Å². The van der Waals surface area contributed by atoms with E-state index in [4.69, 9.17) is 4.74 Å². The van der Waals surface area contributed by atoms with Crippen molar-refractivity contribution < 1.29 is 9.53 Å². The van der Waals surface area contributed by atoms with Crippen molar-refractivity contribution in [2.45, 2.75) is 40.3 Å². The van der Waals surface area contributed by atoms with Crippen molar-refractivity contribution in [3.63, 3.8) is 0 Å². The Morgan fingerprint density at radius 2 is 2.13 bits per heavy atom. The van der Waals surface area contributed by atoms with Gasteiger partial charge >= 0.3 is 6.09 Å². The lowest BCUT2D eigenvalue weighted by Gasteiger charge is -2.32. The molecule has 0 aliphatic carbocycles. The zero-order chi connectivity index (χ0) is 16.8. The zero-order valence-corrected chi connectivity index (χ0v) is 14.0. The summed E-state index contributed by atoms with van der Waals surface area (Å²) in [5.74, 6) is 0.209. The number of imidazole rings is 1. The molecule has 0 spiro atoms. The average Bonchev–Trinajstić information content (AvgIpc) is 2.96. The van der Waals surface area contributed by atoms with Crippen LogP contribution in [0.2, 0.25) is 0 Å². The van der Waals surface area contributed by atoms with Crippen molar-refractivity contribution in [1.29, 1.82) is 0 Å². The smallest absolute Gasteiger partial charge is 0.410 e. The molecule has 23 heavy (non-hydrogen) atoms. The van der Waals surface area contributed by atoms with E-state index in [1.54, 1.807) is 29.8 Å². The second kappa shape index (κ2) is 7.71. The molecule has 0 aromatic carbocycles. The number of nitrogens with one attached hydrogen (secondary N) is 1. The number of rotatable bonds is 6. The monoisotopic (exact) mass is 317 g/mol. The predicted molar refractivity (Wildman–Crippen MR) is 85.5 cm³/mol. The van der Waals surface area contributed by atoms with Crippen molar-refractivity contribution in [2.75, 3.05) is 6.54 Å². The van der Waals surface area contributed by atoms with E-state index < -0.39 is 0 Å². The molecular weight excluding hydrogens is 294 g/mol. The first-order chi connectivity index (χ1) is 11.0. The number of hydrogen-bond acceptors (Lipinski definition) is 5. The van der Waals surface area contributed by atoms with Crippen LogP contribution in [0.1, 0.15) is 43.9 Å². The van der Waals surface area contributed by atoms with E-state index in [2.05, 4.69) is 33.8 Å². The number of amides is 1. The molecule has 1 amide bonds. The number of hydrogen-bond donors (Lipinski definition) is 1. The number of carbonyl (C=O) groups is 1. The molecule has 0 aliphatic rings. The van der Waals surface area contributed by atoms with Crippen LogP contribution < -0.4 is 0 Å². The van der Waals surface area contributed by atoms with Gasteiger partial charge in [-0.05, 0) is 19.8 Å². The Hall–Kier alpha value is -2.44. The van der Waals surface area contributed by atoms with Crippen molar-refractivity contribution in [2.24, 2.45) is 5.92 Å². The van der Waals surface area contributed by atoms with Crippen LogP contribution in [-0.4, -0.2) is 37.5 Å². The van der Waals surface area contributed by atoms with Crippen LogP contribution in [0.3, 0.4) is 0 Å². The molecule has 0 bridgehead atoms. The normalized spacial score (nSPS) is 12.2. The van der Waals surface area contributed by atoms with Gasteiger partial charge in [0.1, 0.15) is 6.61 Å². The Morgan fingerprint density at radius 1 is 1.35 bits per heavy atom. The van der Waals surface area contributed by atoms with Gasteiger partial charge in [-0.3, -0.25) is 14.9 Å². The molecule has 7 heteroatoms. The molecule has 2 aromatic rings. The van der Waals surface area contributed by atoms with E-state index in [1.165, 1.54) is 0 Å². The largest absolute Gasteiger partial charge is 0.443 e. The molecule has 0 saturated carbocycles. The number of H-pyrrole nitrogens is 1. The Bertz CT molecular complexity index is 626. The van der Waals surface area contributed by atoms with Crippen molar-refractivity contribution in [1.82, 2.24) is 24.8 Å². The number of aryl methyl sites for hydroxylation is 1. The molecule has 2 heterocycles. The zero-order valence-electron chi connectivity index (χ0n) is 14.0. The average molecular weight is 317 g/mol. The van der Waals surface area contributed by atoms with Crippen LogP contribution in [-0.2, 0) is 11.3 Å². The van der Waals surface area contributed by atoms with Gasteiger partial charge in [0.25, 0.3) is 0 Å². The van der Waals surface area contributed by atoms with E-state index in [1.807, 2.05) is 13.8 Å². The summed E-state index contributed by atoms with van der Waals surface area (Å²) in [7, 11) is 0. The van der Waals surface area contributed by atoms with Gasteiger partial charge in [0.2, 0.25) is 0 Å². The van der Waals surface area contributed by atoms with Gasteiger partial charge in [0.15, 0.2) is 0 Å². The fraction of sp³-hybridized carbons (Fsp3) is 0.500. The highest BCUT2D eigenvalue weighted by Gasteiger charge is 2.30. The first-order valence-electron chi connectivity index (χ1n) is 7.72. The third-order valence-corrected chi connectivity index (χ3v) is 3.65. The molecular formula is C16H23N5O2. The molecule has 1 unspecified atom stereocenters. The lowest BCUT2D eigenvalue weighted by Crippen LogP contribution is -2.38. The van der Waals surface area contributed by atoms with Crippen molar-refractivity contribution in [3.8, 4) is 0 Å². The minimum Gasteiger partial charge on any atom is -0.443 e. The number of carbonyl (C=O) groups excluding carboxylic acids is 1. The number of ether oxygens (including phenoxy) is 1. The molecule has 0 saturated heterocycles. The highest BCUT2D eigenvalue weighted by molar-refractivity contribution is 5.68. The molecule has 2 aromatic heterocycles. The van der Waals surface area contributed by atoms with Gasteiger partial charge in [-0.15, -0.1) is 0 Å². The molecule has 1 atom stereocenters. The standard InChI is InChI=1S/C16H23N5O2/c1-5-21(15(11(2)3)14-12(4)19-10-20-14)16(22)23-9-13-8-17-6-7-18-13/h6-8,10-11,15H,5,9H2,1-4H3,(H,19,20). The Morgan fingerprint density at radius 3 is 2.65 bits per heavy atom. The van der Waals surface area contributed by atoms with Gasteiger partial charge in [-0.2, -0.15) is 0 Å². The lowest BCUT2D eigenvalue weighted by molar-refractivity contribution is 0.0705. The Labute approximate surface area is 136 Å². The maximum absolute atomic E-state index is 12.5. The van der Waals surface area contributed by atoms with E-state index in [9.17, 15) is 4.79 Å². The molecule has 1 N–H and O–H groups in total. The predicted octanol–water partition coefficient (Wildman–Crippen LogP) is 2.86. The van der Waals surface area contributed by atoms with Crippen LogP contribution in [0, 0.1) is 12.8 Å². The quantitative estimate of drug-likeness (QED) is 0.885. The maximum Gasteiger partial charge on any atom is 0.410 e. The Kier molecular flexibility index (Phi) is 5.67. The van der Waals surface area contributed by atoms with Gasteiger partial charge in [-0.1, -0.05) is 13.8 Å². The summed E-state index contributed by atoms with van der Waals surface area (Å²) in [6.45, 7) is 8.66. The summed E-state index contributed by atoms with van der Waals surface area (Å²) in [5.41, 5.74) is 2.45. The van der Waals surface area contributed by atoms with Crippen LogP contribution in [0.15, 0.2) is 24.9 Å². The van der Waals surface area contributed by atoms with E-state index >= 15 is 0 Å². The van der Waals surface area contributed by atoms with Crippen LogP contribution in [0.5, 0.6) is 0 Å². The van der Waals surface area contributed by atoms with Gasteiger partial charge in [-0.25, -0.2) is 9.78 Å². The van der Waals surface area contributed by atoms with E-state index in [0.717, 1.165) is 11.4 Å². The maximum atomic E-state index is 12.5. The number of aromatic amines is 1. The van der Waals surface area contributed by atoms with Crippen molar-refractivity contribution >= 4 is 6.09 Å². The highest BCUT2D eigenvalue weighted by atomic mass is 16.6. The molecule has 0 aliphatic heterocycles. The summed E-state index contributed by atoms with van der Waals surface area (Å²) in [6.07, 6.45) is 6.02. The third kappa shape index (κ3) is 4.06. The number of aromatic nitrogens is 4. The van der Waals surface area contributed by atoms with Gasteiger partial charge < -0.3 is 9.72 Å². The highest BCUT2D eigenvalue weighted by Crippen LogP contribution is 2.29. The summed E-state index contributed by atoms with van der Waals surface area (Å²) in [4.78, 5) is 29.7. The van der Waals surface area contributed by atoms with Crippen LogP contribution in [0.25, 0.3) is 0 Å². The first-order valence-corrected chi connectivity index (χ1v) is 7.72. The fourth-order valence-corrected chi connectivity index (χ4v) is 2.55. The second-order valence-electron chi connectivity index (χ2n) is 5.64. The molecule has 0 radical (unpaired) electrons. The lowest BCUT2D eigenvalue weighted by atomic mass is 9.98. The number of nitrogens with zero attached hydrogens (tertiary/aromatic N) is 4. The van der Waals surface area contributed by atoms with Crippen molar-refractivity contribution in [3.05, 3.63) is 42.0 Å². The molecule has 7 nitrogen and oxygen atoms in total. The summed E-state index contributed by atoms with van der Waals surface area (Å²) in [5, 5.41) is 0. The molecule has 2 rings (SSSR count). The third-order valence-electron chi connectivity index (χ3n) is 3.65. The summed E-state index contributed by atoms with van der Waals surface area (Å²) in [6, 6.07) is -0.138. The van der Waals surface area contributed by atoms with Crippen LogP contribution in [0.4, 0.5) is 4.79 Å². The molecule has 124 valence electrons. The molecule has 0 fully saturated rings. The Balaban J connectivity index is 2.12. The summed E-state index contributed by atoms with van der Waals surface area (Å²) < 4.78 is 5.40. The first kappa shape index (κ1) is 16.9. The second-order valence-corrected chi connectivity index (χ2v) is 5.64. The minimum absolute atomic E-state index is 0.105.